The van der Waals surface area contributed by atoms with Crippen molar-refractivity contribution in [3.05, 3.63) is 0 Å². The van der Waals surface area contributed by atoms with E-state index in [0.29, 0.717) is 11.6 Å². The van der Waals surface area contributed by atoms with Crippen LogP contribution in [0.25, 0.3) is 0 Å². The summed E-state index contributed by atoms with van der Waals surface area (Å²) in [4.78, 5) is 5.10. The lowest BCUT2D eigenvalue weighted by Crippen LogP contribution is -2.54. The minimum atomic E-state index is 0.331. The zero-order chi connectivity index (χ0) is 12.5. The van der Waals surface area contributed by atoms with Gasteiger partial charge in [0.25, 0.3) is 0 Å². The molecule has 0 aromatic heterocycles. The van der Waals surface area contributed by atoms with Crippen molar-refractivity contribution < 1.29 is 0 Å². The first kappa shape index (κ1) is 13.3. The van der Waals surface area contributed by atoms with E-state index < -0.39 is 0 Å². The quantitative estimate of drug-likeness (QED) is 0.811. The highest BCUT2D eigenvalue weighted by Gasteiger charge is 2.43. The molecule has 1 saturated carbocycles. The van der Waals surface area contributed by atoms with Crippen molar-refractivity contribution in [3.8, 4) is 0 Å². The lowest BCUT2D eigenvalue weighted by Gasteiger charge is -2.44. The number of likely N-dealkylation sites (tertiary alicyclic amines) is 1. The fraction of sp³-hybridized carbons (Fsp3) is 1.00. The number of hydrogen-bond acceptors (Lipinski definition) is 3. The number of likely N-dealkylation sites (N-methyl/N-ethyl adjacent to an activating group) is 1. The second-order valence-electron chi connectivity index (χ2n) is 6.40. The van der Waals surface area contributed by atoms with E-state index in [9.17, 15) is 0 Å². The third-order valence-corrected chi connectivity index (χ3v) is 5.07. The Kier molecular flexibility index (Phi) is 4.11. The molecule has 2 atom stereocenters. The van der Waals surface area contributed by atoms with Crippen LogP contribution in [0.4, 0.5) is 0 Å². The lowest BCUT2D eigenvalue weighted by molar-refractivity contribution is 0.0731. The van der Waals surface area contributed by atoms with Crippen molar-refractivity contribution in [1.29, 1.82) is 0 Å². The summed E-state index contributed by atoms with van der Waals surface area (Å²) in [6, 6.07) is 0.709. The Labute approximate surface area is 106 Å². The van der Waals surface area contributed by atoms with E-state index in [1.807, 2.05) is 0 Å². The van der Waals surface area contributed by atoms with E-state index in [-0.39, 0.29) is 0 Å². The number of nitrogens with zero attached hydrogens (tertiary/aromatic N) is 2. The van der Waals surface area contributed by atoms with Gasteiger partial charge in [-0.2, -0.15) is 0 Å². The highest BCUT2D eigenvalue weighted by molar-refractivity contribution is 5.00. The van der Waals surface area contributed by atoms with Crippen molar-refractivity contribution in [2.45, 2.75) is 50.6 Å². The van der Waals surface area contributed by atoms with Gasteiger partial charge in [0, 0.05) is 31.2 Å². The lowest BCUT2D eigenvalue weighted by atomic mass is 9.80. The molecule has 1 heterocycles. The van der Waals surface area contributed by atoms with Crippen LogP contribution >= 0.6 is 0 Å². The first-order valence-corrected chi connectivity index (χ1v) is 7.20. The predicted molar refractivity (Wildman–Crippen MR) is 73.1 cm³/mol. The molecule has 0 spiro atoms. The summed E-state index contributed by atoms with van der Waals surface area (Å²) in [6.45, 7) is 5.68. The fourth-order valence-corrected chi connectivity index (χ4v) is 3.87. The molecule has 2 fully saturated rings. The standard InChI is InChI=1S/C14H29N3/c1-12-9-17(10-13(12)16(2)3)14(11-15)7-5-4-6-8-14/h12-13H,4-11,15H2,1-3H3. The van der Waals surface area contributed by atoms with Gasteiger partial charge in [-0.15, -0.1) is 0 Å². The van der Waals surface area contributed by atoms with Crippen LogP contribution in [0.3, 0.4) is 0 Å². The SMILES string of the molecule is CC1CN(C2(CN)CCCCC2)CC1N(C)C. The summed E-state index contributed by atoms with van der Waals surface area (Å²) in [5.74, 6) is 0.773. The Morgan fingerprint density at radius 2 is 1.82 bits per heavy atom. The molecule has 0 aromatic carbocycles. The van der Waals surface area contributed by atoms with E-state index in [0.717, 1.165) is 12.5 Å². The van der Waals surface area contributed by atoms with Crippen LogP contribution < -0.4 is 5.73 Å². The molecule has 100 valence electrons. The van der Waals surface area contributed by atoms with Gasteiger partial charge in [-0.1, -0.05) is 26.2 Å². The Balaban J connectivity index is 2.06. The largest absolute Gasteiger partial charge is 0.329 e. The molecule has 0 radical (unpaired) electrons. The molecule has 17 heavy (non-hydrogen) atoms. The monoisotopic (exact) mass is 239 g/mol. The second-order valence-corrected chi connectivity index (χ2v) is 6.40. The van der Waals surface area contributed by atoms with Crippen LogP contribution in [0.1, 0.15) is 39.0 Å². The molecule has 0 aromatic rings. The van der Waals surface area contributed by atoms with Gasteiger partial charge < -0.3 is 10.6 Å². The first-order valence-electron chi connectivity index (χ1n) is 7.20. The molecule has 3 heteroatoms. The minimum Gasteiger partial charge on any atom is -0.329 e. The van der Waals surface area contributed by atoms with E-state index in [4.69, 9.17) is 5.73 Å². The zero-order valence-electron chi connectivity index (χ0n) is 11.8. The molecule has 2 aliphatic rings. The van der Waals surface area contributed by atoms with Gasteiger partial charge in [-0.25, -0.2) is 0 Å². The highest BCUT2D eigenvalue weighted by atomic mass is 15.3. The summed E-state index contributed by atoms with van der Waals surface area (Å²) >= 11 is 0. The molecule has 2 unspecified atom stereocenters. The average molecular weight is 239 g/mol. The van der Waals surface area contributed by atoms with Gasteiger partial charge in [-0.05, 0) is 32.9 Å². The van der Waals surface area contributed by atoms with Gasteiger partial charge in [0.05, 0.1) is 0 Å². The molecular formula is C14H29N3. The summed E-state index contributed by atoms with van der Waals surface area (Å²) in [6.07, 6.45) is 6.78. The fourth-order valence-electron chi connectivity index (χ4n) is 3.87. The van der Waals surface area contributed by atoms with Crippen LogP contribution in [0.5, 0.6) is 0 Å². The molecule has 1 aliphatic carbocycles. The van der Waals surface area contributed by atoms with Gasteiger partial charge in [-0.3, -0.25) is 4.90 Å². The van der Waals surface area contributed by atoms with Crippen LogP contribution in [0, 0.1) is 5.92 Å². The Bertz CT molecular complexity index is 246. The van der Waals surface area contributed by atoms with Crippen LogP contribution in [0.15, 0.2) is 0 Å². The minimum absolute atomic E-state index is 0.331. The smallest absolute Gasteiger partial charge is 0.0332 e. The third kappa shape index (κ3) is 2.51. The van der Waals surface area contributed by atoms with Crippen LogP contribution in [0.2, 0.25) is 0 Å². The number of nitrogens with two attached hydrogens (primary N) is 1. The summed E-state index contributed by atoms with van der Waals surface area (Å²) in [5.41, 5.74) is 6.46. The maximum atomic E-state index is 6.13. The average Bonchev–Trinajstić information content (AvgIpc) is 2.73. The van der Waals surface area contributed by atoms with Crippen molar-refractivity contribution in [2.75, 3.05) is 33.7 Å². The highest BCUT2D eigenvalue weighted by Crippen LogP contribution is 2.37. The normalized spacial score (nSPS) is 34.4. The third-order valence-electron chi connectivity index (χ3n) is 5.07. The molecule has 2 N–H and O–H groups in total. The van der Waals surface area contributed by atoms with E-state index in [2.05, 4.69) is 30.8 Å². The molecule has 0 amide bonds. The van der Waals surface area contributed by atoms with Gasteiger partial charge >= 0.3 is 0 Å². The zero-order valence-corrected chi connectivity index (χ0v) is 11.8. The Morgan fingerprint density at radius 1 is 1.18 bits per heavy atom. The predicted octanol–water partition coefficient (Wildman–Crippen LogP) is 1.53. The topological polar surface area (TPSA) is 32.5 Å². The van der Waals surface area contributed by atoms with Gasteiger partial charge in [0.2, 0.25) is 0 Å². The number of hydrogen-bond donors (Lipinski definition) is 1. The number of rotatable bonds is 3. The van der Waals surface area contributed by atoms with Crippen molar-refractivity contribution in [1.82, 2.24) is 9.80 Å². The van der Waals surface area contributed by atoms with E-state index >= 15 is 0 Å². The Hall–Kier alpha value is -0.120. The molecule has 0 bridgehead atoms. The molecule has 3 nitrogen and oxygen atoms in total. The summed E-state index contributed by atoms with van der Waals surface area (Å²) < 4.78 is 0. The van der Waals surface area contributed by atoms with Crippen molar-refractivity contribution in [3.63, 3.8) is 0 Å². The van der Waals surface area contributed by atoms with Crippen molar-refractivity contribution >= 4 is 0 Å². The molecule has 2 rings (SSSR count). The van der Waals surface area contributed by atoms with Crippen molar-refractivity contribution in [2.24, 2.45) is 11.7 Å². The Morgan fingerprint density at radius 3 is 2.29 bits per heavy atom. The first-order chi connectivity index (χ1) is 8.09. The maximum absolute atomic E-state index is 6.13. The molecular weight excluding hydrogens is 210 g/mol. The second kappa shape index (κ2) is 5.25. The van der Waals surface area contributed by atoms with Gasteiger partial charge in [0.15, 0.2) is 0 Å². The van der Waals surface area contributed by atoms with Crippen LogP contribution in [-0.2, 0) is 0 Å². The summed E-state index contributed by atoms with van der Waals surface area (Å²) in [7, 11) is 4.42. The van der Waals surface area contributed by atoms with E-state index in [1.165, 1.54) is 45.2 Å². The molecule has 1 aliphatic heterocycles. The van der Waals surface area contributed by atoms with Gasteiger partial charge in [0.1, 0.15) is 0 Å². The maximum Gasteiger partial charge on any atom is 0.0332 e. The molecule has 1 saturated heterocycles. The van der Waals surface area contributed by atoms with Crippen LogP contribution in [-0.4, -0.2) is 55.1 Å². The summed E-state index contributed by atoms with van der Waals surface area (Å²) in [5, 5.41) is 0. The van der Waals surface area contributed by atoms with E-state index in [1.54, 1.807) is 0 Å².